The van der Waals surface area contributed by atoms with E-state index in [0.717, 1.165) is 23.5 Å². The van der Waals surface area contributed by atoms with E-state index in [-0.39, 0.29) is 45.5 Å². The maximum Gasteiger partial charge on any atom is 0.312 e. The topological polar surface area (TPSA) is 110 Å². The Morgan fingerprint density at radius 1 is 1.00 bits per heavy atom. The first-order valence-corrected chi connectivity index (χ1v) is 13.7. The van der Waals surface area contributed by atoms with Gasteiger partial charge in [0.05, 0.1) is 34.5 Å². The first-order chi connectivity index (χ1) is 18.6. The standard InChI is InChI=1S/C28H28F2N4O4S/c1-16(2)38-26(37)27-7-10-28(11-8-27,12-9-27)34-23(35)17-6-13-31-14-20(17)32-24(36)21-15-39-25(33-21)22-18(29)4-3-5-19(22)30/h3-6,13-16H,7-12H2,1-2H3,(H,32,36)(H,34,35). The van der Waals surface area contributed by atoms with Crippen LogP contribution >= 0.6 is 11.3 Å². The predicted molar refractivity (Wildman–Crippen MR) is 141 cm³/mol. The summed E-state index contributed by atoms with van der Waals surface area (Å²) in [6.45, 7) is 3.68. The van der Waals surface area contributed by atoms with Crippen molar-refractivity contribution < 1.29 is 27.9 Å². The molecule has 1 aromatic carbocycles. The number of amides is 2. The van der Waals surface area contributed by atoms with Crippen molar-refractivity contribution >= 4 is 34.8 Å². The summed E-state index contributed by atoms with van der Waals surface area (Å²) in [5.74, 6) is -2.71. The molecule has 3 aliphatic rings. The van der Waals surface area contributed by atoms with E-state index in [0.29, 0.717) is 38.5 Å². The number of fused-ring (bicyclic) bond motifs is 3. The minimum atomic E-state index is -0.776. The van der Waals surface area contributed by atoms with E-state index >= 15 is 0 Å². The molecule has 2 aromatic heterocycles. The van der Waals surface area contributed by atoms with Crippen LogP contribution in [0.25, 0.3) is 10.6 Å². The second kappa shape index (κ2) is 10.4. The van der Waals surface area contributed by atoms with Gasteiger partial charge in [-0.15, -0.1) is 11.3 Å². The summed E-state index contributed by atoms with van der Waals surface area (Å²) in [7, 11) is 0. The minimum absolute atomic E-state index is 0.0296. The first-order valence-electron chi connectivity index (χ1n) is 12.8. The van der Waals surface area contributed by atoms with Crippen molar-refractivity contribution in [3.63, 3.8) is 0 Å². The van der Waals surface area contributed by atoms with Crippen LogP contribution < -0.4 is 10.6 Å². The van der Waals surface area contributed by atoms with Crippen molar-refractivity contribution in [1.29, 1.82) is 0 Å². The number of carbonyl (C=O) groups excluding carboxylic acids is 3. The summed E-state index contributed by atoms with van der Waals surface area (Å²) in [5, 5.41) is 7.23. The van der Waals surface area contributed by atoms with E-state index in [9.17, 15) is 23.2 Å². The first kappa shape index (κ1) is 26.9. The fourth-order valence-electron chi connectivity index (χ4n) is 5.40. The van der Waals surface area contributed by atoms with E-state index in [2.05, 4.69) is 20.6 Å². The number of benzene rings is 1. The summed E-state index contributed by atoms with van der Waals surface area (Å²) in [5.41, 5.74) is -0.853. The van der Waals surface area contributed by atoms with Crippen molar-refractivity contribution in [2.75, 3.05) is 5.32 Å². The molecule has 3 fully saturated rings. The van der Waals surface area contributed by atoms with Gasteiger partial charge < -0.3 is 15.4 Å². The number of hydrogen-bond donors (Lipinski definition) is 2. The molecular formula is C28H28F2N4O4S. The third kappa shape index (κ3) is 5.27. The molecule has 3 saturated carbocycles. The van der Waals surface area contributed by atoms with Crippen LogP contribution in [0.15, 0.2) is 42.0 Å². The Bertz CT molecular complexity index is 1400. The van der Waals surface area contributed by atoms with Crippen molar-refractivity contribution in [3.8, 4) is 10.6 Å². The molecule has 11 heteroatoms. The number of carbonyl (C=O) groups is 3. The van der Waals surface area contributed by atoms with Crippen LogP contribution in [0.4, 0.5) is 14.5 Å². The largest absolute Gasteiger partial charge is 0.463 e. The number of aromatic nitrogens is 2. The Labute approximate surface area is 228 Å². The maximum atomic E-state index is 14.2. The van der Waals surface area contributed by atoms with E-state index in [4.69, 9.17) is 4.74 Å². The highest BCUT2D eigenvalue weighted by atomic mass is 32.1. The number of hydrogen-bond acceptors (Lipinski definition) is 7. The van der Waals surface area contributed by atoms with Crippen LogP contribution in [0.1, 0.15) is 73.2 Å². The third-order valence-electron chi connectivity index (χ3n) is 7.63. The Hall–Kier alpha value is -3.73. The SMILES string of the molecule is CC(C)OC(=O)C12CCC(NC(=O)c3ccncc3NC(=O)c3csc(-c4c(F)cccc4F)n3)(CC1)CC2. The highest BCUT2D eigenvalue weighted by Crippen LogP contribution is 2.53. The Balaban J connectivity index is 1.28. The average Bonchev–Trinajstić information content (AvgIpc) is 3.39. The Kier molecular flexibility index (Phi) is 7.19. The molecule has 0 radical (unpaired) electrons. The second-order valence-electron chi connectivity index (χ2n) is 10.5. The molecule has 39 heavy (non-hydrogen) atoms. The average molecular weight is 555 g/mol. The lowest BCUT2D eigenvalue weighted by molar-refractivity contribution is -0.167. The summed E-state index contributed by atoms with van der Waals surface area (Å²) in [4.78, 5) is 47.2. The van der Waals surface area contributed by atoms with Gasteiger partial charge in [0.25, 0.3) is 11.8 Å². The van der Waals surface area contributed by atoms with Gasteiger partial charge >= 0.3 is 5.97 Å². The number of pyridine rings is 1. The number of anilines is 1. The molecule has 8 nitrogen and oxygen atoms in total. The van der Waals surface area contributed by atoms with Gasteiger partial charge in [0.2, 0.25) is 0 Å². The lowest BCUT2D eigenvalue weighted by Crippen LogP contribution is -2.58. The van der Waals surface area contributed by atoms with E-state index in [1.807, 2.05) is 13.8 Å². The zero-order valence-corrected chi connectivity index (χ0v) is 22.4. The molecule has 2 N–H and O–H groups in total. The predicted octanol–water partition coefficient (Wildman–Crippen LogP) is 5.51. The molecule has 0 atom stereocenters. The van der Waals surface area contributed by atoms with Crippen LogP contribution in [-0.2, 0) is 9.53 Å². The molecule has 3 aliphatic carbocycles. The lowest BCUT2D eigenvalue weighted by Gasteiger charge is -2.52. The molecule has 2 amide bonds. The molecule has 3 aromatic rings. The van der Waals surface area contributed by atoms with Crippen LogP contribution in [0.5, 0.6) is 0 Å². The van der Waals surface area contributed by atoms with E-state index in [1.165, 1.54) is 29.9 Å². The zero-order valence-electron chi connectivity index (χ0n) is 21.6. The van der Waals surface area contributed by atoms with Gasteiger partial charge in [0, 0.05) is 17.1 Å². The smallest absolute Gasteiger partial charge is 0.312 e. The highest BCUT2D eigenvalue weighted by molar-refractivity contribution is 7.13. The van der Waals surface area contributed by atoms with Gasteiger partial charge in [-0.2, -0.15) is 0 Å². The zero-order chi connectivity index (χ0) is 27.8. The van der Waals surface area contributed by atoms with Crippen LogP contribution in [0.2, 0.25) is 0 Å². The second-order valence-corrected chi connectivity index (χ2v) is 11.3. The molecule has 0 spiro atoms. The summed E-state index contributed by atoms with van der Waals surface area (Å²) in [6, 6.07) is 5.01. The number of nitrogens with one attached hydrogen (secondary N) is 2. The van der Waals surface area contributed by atoms with Gasteiger partial charge in [-0.25, -0.2) is 13.8 Å². The van der Waals surface area contributed by atoms with Crippen LogP contribution in [-0.4, -0.2) is 39.4 Å². The molecule has 2 heterocycles. The molecule has 2 bridgehead atoms. The van der Waals surface area contributed by atoms with Crippen molar-refractivity contribution in [2.45, 2.75) is 64.0 Å². The molecule has 204 valence electrons. The van der Waals surface area contributed by atoms with Gasteiger partial charge in [0.15, 0.2) is 0 Å². The van der Waals surface area contributed by atoms with Crippen LogP contribution in [0, 0.1) is 17.0 Å². The Morgan fingerprint density at radius 2 is 1.67 bits per heavy atom. The van der Waals surface area contributed by atoms with Gasteiger partial charge in [0.1, 0.15) is 22.3 Å². The minimum Gasteiger partial charge on any atom is -0.463 e. The molecule has 0 unspecified atom stereocenters. The fourth-order valence-corrected chi connectivity index (χ4v) is 6.25. The number of rotatable bonds is 7. The van der Waals surface area contributed by atoms with Gasteiger partial charge in [-0.3, -0.25) is 19.4 Å². The lowest BCUT2D eigenvalue weighted by atomic mass is 9.57. The summed E-state index contributed by atoms with van der Waals surface area (Å²) in [6.07, 6.45) is 6.57. The van der Waals surface area contributed by atoms with Gasteiger partial charge in [-0.05, 0) is 70.6 Å². The molecule has 6 rings (SSSR count). The van der Waals surface area contributed by atoms with Gasteiger partial charge in [-0.1, -0.05) is 6.07 Å². The molecule has 0 saturated heterocycles. The monoisotopic (exact) mass is 554 g/mol. The summed E-state index contributed by atoms with van der Waals surface area (Å²) < 4.78 is 33.8. The number of halogens is 2. The Morgan fingerprint density at radius 3 is 2.31 bits per heavy atom. The fraction of sp³-hybridized carbons (Fsp3) is 0.393. The normalized spacial score (nSPS) is 22.0. The van der Waals surface area contributed by atoms with Crippen LogP contribution in [0.3, 0.4) is 0 Å². The number of thiazole rings is 1. The maximum absolute atomic E-state index is 14.2. The quantitative estimate of drug-likeness (QED) is 0.373. The number of esters is 1. The molecule has 0 aliphatic heterocycles. The third-order valence-corrected chi connectivity index (χ3v) is 8.49. The van der Waals surface area contributed by atoms with Crippen molar-refractivity contribution in [1.82, 2.24) is 15.3 Å². The molecular weight excluding hydrogens is 526 g/mol. The van der Waals surface area contributed by atoms with Crippen molar-refractivity contribution in [3.05, 3.63) is 64.9 Å². The summed E-state index contributed by atoms with van der Waals surface area (Å²) >= 11 is 0.935. The number of ether oxygens (including phenoxy) is 1. The number of nitrogens with zero attached hydrogens (tertiary/aromatic N) is 2. The van der Waals surface area contributed by atoms with Crippen molar-refractivity contribution in [2.24, 2.45) is 5.41 Å². The highest BCUT2D eigenvalue weighted by Gasteiger charge is 2.54. The van der Waals surface area contributed by atoms with E-state index in [1.54, 1.807) is 0 Å². The van der Waals surface area contributed by atoms with E-state index < -0.39 is 28.5 Å².